The number of carbonyl (C=O) groups excluding carboxylic acids is 1. The second-order valence-electron chi connectivity index (χ2n) is 5.09. The quantitative estimate of drug-likeness (QED) is 0.766. The van der Waals surface area contributed by atoms with Crippen LogP contribution in [0.3, 0.4) is 0 Å². The molecule has 128 valence electrons. The van der Waals surface area contributed by atoms with E-state index in [1.165, 1.54) is 11.8 Å². The number of hydrogen-bond donors (Lipinski definition) is 1. The van der Waals surface area contributed by atoms with Crippen LogP contribution in [0.25, 0.3) is 0 Å². The highest BCUT2D eigenvalue weighted by atomic mass is 35.5. The van der Waals surface area contributed by atoms with E-state index in [9.17, 15) is 4.79 Å². The summed E-state index contributed by atoms with van der Waals surface area (Å²) in [5.74, 6) is 1.45. The van der Waals surface area contributed by atoms with Crippen LogP contribution >= 0.6 is 23.4 Å². The number of nitrogens with one attached hydrogen (secondary N) is 1. The SMILES string of the molecule is COc1ccc(OC)c(NC(=O)CS[C@H](C)c2ccccc2Cl)c1. The van der Waals surface area contributed by atoms with Crippen LogP contribution in [0, 0.1) is 0 Å². The Labute approximate surface area is 151 Å². The Balaban J connectivity index is 1.97. The lowest BCUT2D eigenvalue weighted by atomic mass is 10.2. The average Bonchev–Trinajstić information content (AvgIpc) is 2.60. The Morgan fingerprint density at radius 3 is 2.62 bits per heavy atom. The van der Waals surface area contributed by atoms with E-state index in [0.717, 1.165) is 5.56 Å². The first-order valence-corrected chi connectivity index (χ1v) is 8.85. The van der Waals surface area contributed by atoms with Crippen LogP contribution in [0.5, 0.6) is 11.5 Å². The average molecular weight is 366 g/mol. The maximum atomic E-state index is 12.2. The maximum Gasteiger partial charge on any atom is 0.234 e. The molecule has 24 heavy (non-hydrogen) atoms. The Kier molecular flexibility index (Phi) is 6.82. The maximum absolute atomic E-state index is 12.2. The van der Waals surface area contributed by atoms with Crippen LogP contribution in [0.15, 0.2) is 42.5 Å². The summed E-state index contributed by atoms with van der Waals surface area (Å²) < 4.78 is 10.4. The van der Waals surface area contributed by atoms with Crippen LogP contribution in [0.2, 0.25) is 5.02 Å². The molecular weight excluding hydrogens is 346 g/mol. The van der Waals surface area contributed by atoms with Crippen molar-refractivity contribution in [2.75, 3.05) is 25.3 Å². The molecule has 6 heteroatoms. The molecule has 2 rings (SSSR count). The minimum Gasteiger partial charge on any atom is -0.497 e. The minimum absolute atomic E-state index is 0.106. The molecule has 0 fully saturated rings. The molecule has 0 aliphatic heterocycles. The normalized spacial score (nSPS) is 11.7. The van der Waals surface area contributed by atoms with E-state index in [0.29, 0.717) is 28.0 Å². The summed E-state index contributed by atoms with van der Waals surface area (Å²) in [6.07, 6.45) is 0. The van der Waals surface area contributed by atoms with Crippen molar-refractivity contribution in [3.63, 3.8) is 0 Å². The van der Waals surface area contributed by atoms with Gasteiger partial charge in [-0.1, -0.05) is 29.8 Å². The van der Waals surface area contributed by atoms with Gasteiger partial charge in [0, 0.05) is 16.3 Å². The molecule has 2 aromatic carbocycles. The molecule has 0 saturated heterocycles. The molecule has 0 aliphatic rings. The standard InChI is InChI=1S/C18H20ClNO3S/c1-12(14-6-4-5-7-15(14)19)24-11-18(21)20-16-10-13(22-2)8-9-17(16)23-3/h4-10,12H,11H2,1-3H3,(H,20,21)/t12-/m1/s1. The zero-order valence-corrected chi connectivity index (χ0v) is 15.4. The van der Waals surface area contributed by atoms with Gasteiger partial charge < -0.3 is 14.8 Å². The Bertz CT molecular complexity index is 708. The van der Waals surface area contributed by atoms with Crippen molar-refractivity contribution in [3.05, 3.63) is 53.1 Å². The number of methoxy groups -OCH3 is 2. The number of benzene rings is 2. The fourth-order valence-corrected chi connectivity index (χ4v) is 3.42. The number of rotatable bonds is 7. The van der Waals surface area contributed by atoms with Crippen LogP contribution < -0.4 is 14.8 Å². The molecule has 1 amide bonds. The highest BCUT2D eigenvalue weighted by molar-refractivity contribution is 8.00. The molecule has 0 aliphatic carbocycles. The largest absolute Gasteiger partial charge is 0.497 e. The van der Waals surface area contributed by atoms with Gasteiger partial charge in [-0.2, -0.15) is 0 Å². The zero-order chi connectivity index (χ0) is 17.5. The molecule has 0 radical (unpaired) electrons. The zero-order valence-electron chi connectivity index (χ0n) is 13.8. The highest BCUT2D eigenvalue weighted by Gasteiger charge is 2.14. The molecule has 1 N–H and O–H groups in total. The smallest absolute Gasteiger partial charge is 0.234 e. The fraction of sp³-hybridized carbons (Fsp3) is 0.278. The molecule has 0 heterocycles. The molecule has 2 aromatic rings. The number of carbonyl (C=O) groups is 1. The van der Waals surface area contributed by atoms with Gasteiger partial charge in [0.05, 0.1) is 25.7 Å². The van der Waals surface area contributed by atoms with E-state index in [1.54, 1.807) is 32.4 Å². The van der Waals surface area contributed by atoms with Gasteiger partial charge in [-0.25, -0.2) is 0 Å². The molecule has 4 nitrogen and oxygen atoms in total. The molecular formula is C18H20ClNO3S. The lowest BCUT2D eigenvalue weighted by molar-refractivity contribution is -0.113. The van der Waals surface area contributed by atoms with Gasteiger partial charge >= 0.3 is 0 Å². The number of hydrogen-bond acceptors (Lipinski definition) is 4. The lowest BCUT2D eigenvalue weighted by Crippen LogP contribution is -2.15. The summed E-state index contributed by atoms with van der Waals surface area (Å²) in [6.45, 7) is 2.03. The van der Waals surface area contributed by atoms with Crippen LogP contribution in [-0.2, 0) is 4.79 Å². The van der Waals surface area contributed by atoms with Gasteiger partial charge in [-0.05, 0) is 30.7 Å². The second kappa shape index (κ2) is 8.85. The van der Waals surface area contributed by atoms with E-state index < -0.39 is 0 Å². The predicted molar refractivity (Wildman–Crippen MR) is 101 cm³/mol. The molecule has 0 saturated carbocycles. The number of ether oxygens (including phenoxy) is 2. The van der Waals surface area contributed by atoms with Gasteiger partial charge in [-0.3, -0.25) is 4.79 Å². The monoisotopic (exact) mass is 365 g/mol. The number of thioether (sulfide) groups is 1. The summed E-state index contributed by atoms with van der Waals surface area (Å²) in [6, 6.07) is 12.9. The summed E-state index contributed by atoms with van der Waals surface area (Å²) in [5, 5.41) is 3.70. The van der Waals surface area contributed by atoms with Crippen LogP contribution in [0.4, 0.5) is 5.69 Å². The predicted octanol–water partition coefficient (Wildman–Crippen LogP) is 4.79. The third-order valence-electron chi connectivity index (χ3n) is 3.49. The number of amides is 1. The van der Waals surface area contributed by atoms with Gasteiger partial charge in [0.15, 0.2) is 0 Å². The Morgan fingerprint density at radius 2 is 1.96 bits per heavy atom. The van der Waals surface area contributed by atoms with Crippen molar-refractivity contribution in [2.24, 2.45) is 0 Å². The summed E-state index contributed by atoms with van der Waals surface area (Å²) in [5.41, 5.74) is 1.61. The number of anilines is 1. The third-order valence-corrected chi connectivity index (χ3v) is 5.02. The van der Waals surface area contributed by atoms with E-state index in [2.05, 4.69) is 5.32 Å². The molecule has 0 spiro atoms. The Morgan fingerprint density at radius 1 is 1.21 bits per heavy atom. The first kappa shape index (κ1) is 18.5. The Hall–Kier alpha value is -1.85. The number of halogens is 1. The minimum atomic E-state index is -0.106. The lowest BCUT2D eigenvalue weighted by Gasteiger charge is -2.14. The van der Waals surface area contributed by atoms with Gasteiger partial charge in [-0.15, -0.1) is 11.8 Å². The van der Waals surface area contributed by atoms with Crippen LogP contribution in [-0.4, -0.2) is 25.9 Å². The van der Waals surface area contributed by atoms with E-state index >= 15 is 0 Å². The van der Waals surface area contributed by atoms with Crippen molar-refractivity contribution in [1.29, 1.82) is 0 Å². The second-order valence-corrected chi connectivity index (χ2v) is 6.83. The molecule has 0 unspecified atom stereocenters. The summed E-state index contributed by atoms with van der Waals surface area (Å²) >= 11 is 7.72. The molecule has 0 aromatic heterocycles. The van der Waals surface area contributed by atoms with Gasteiger partial charge in [0.25, 0.3) is 0 Å². The molecule has 0 bridgehead atoms. The van der Waals surface area contributed by atoms with Crippen molar-refractivity contribution in [1.82, 2.24) is 0 Å². The first-order chi connectivity index (χ1) is 11.5. The van der Waals surface area contributed by atoms with Crippen molar-refractivity contribution >= 4 is 35.0 Å². The molecule has 1 atom stereocenters. The fourth-order valence-electron chi connectivity index (χ4n) is 2.19. The van der Waals surface area contributed by atoms with Crippen molar-refractivity contribution in [2.45, 2.75) is 12.2 Å². The van der Waals surface area contributed by atoms with Crippen molar-refractivity contribution in [3.8, 4) is 11.5 Å². The summed E-state index contributed by atoms with van der Waals surface area (Å²) in [4.78, 5) is 12.2. The van der Waals surface area contributed by atoms with Crippen molar-refractivity contribution < 1.29 is 14.3 Å². The third kappa shape index (κ3) is 4.82. The summed E-state index contributed by atoms with van der Waals surface area (Å²) in [7, 11) is 3.14. The van der Waals surface area contributed by atoms with Gasteiger partial charge in [0.1, 0.15) is 11.5 Å². The van der Waals surface area contributed by atoms with E-state index in [1.807, 2.05) is 31.2 Å². The highest BCUT2D eigenvalue weighted by Crippen LogP contribution is 2.33. The van der Waals surface area contributed by atoms with Crippen LogP contribution in [0.1, 0.15) is 17.7 Å². The van der Waals surface area contributed by atoms with E-state index in [4.69, 9.17) is 21.1 Å². The van der Waals surface area contributed by atoms with E-state index in [-0.39, 0.29) is 11.2 Å². The first-order valence-electron chi connectivity index (χ1n) is 7.43. The van der Waals surface area contributed by atoms with Gasteiger partial charge in [0.2, 0.25) is 5.91 Å². The topological polar surface area (TPSA) is 47.6 Å².